The Hall–Kier alpha value is -0.670. The van der Waals surface area contributed by atoms with Crippen LogP contribution in [0.1, 0.15) is 43.4 Å². The lowest BCUT2D eigenvalue weighted by Crippen LogP contribution is -2.28. The van der Waals surface area contributed by atoms with Gasteiger partial charge in [-0.15, -0.1) is 0 Å². The fraction of sp³-hybridized carbons (Fsp3) is 0.533. The van der Waals surface area contributed by atoms with Crippen molar-refractivity contribution in [3.8, 4) is 0 Å². The van der Waals surface area contributed by atoms with Crippen LogP contribution in [0, 0.1) is 0 Å². The van der Waals surface area contributed by atoms with E-state index in [0.29, 0.717) is 0 Å². The molecule has 1 saturated heterocycles. The molecule has 1 aliphatic heterocycles. The summed E-state index contributed by atoms with van der Waals surface area (Å²) in [6.45, 7) is 3.85. The predicted molar refractivity (Wildman–Crippen MR) is 82.9 cm³/mol. The Kier molecular flexibility index (Phi) is 5.59. The number of amides is 1. The number of hydrogen-bond donors (Lipinski definition) is 0. The van der Waals surface area contributed by atoms with E-state index in [1.165, 1.54) is 24.6 Å². The first-order valence-electron chi connectivity index (χ1n) is 6.88. The molecular weight excluding hydrogens is 278 g/mol. The van der Waals surface area contributed by atoms with Crippen LogP contribution in [0.15, 0.2) is 24.3 Å². The molecule has 0 bridgehead atoms. The summed E-state index contributed by atoms with van der Waals surface area (Å²) < 4.78 is 0. The van der Waals surface area contributed by atoms with Crippen molar-refractivity contribution >= 4 is 28.6 Å². The molecule has 0 aromatic heterocycles. The molecule has 0 saturated carbocycles. The highest BCUT2D eigenvalue weighted by atomic mass is 35.5. The van der Waals surface area contributed by atoms with Gasteiger partial charge in [0, 0.05) is 23.4 Å². The lowest BCUT2D eigenvalue weighted by atomic mass is 10.2. The molecule has 0 aliphatic carbocycles. The number of carbonyl (C=O) groups is 1. The third-order valence-corrected chi connectivity index (χ3v) is 4.90. The van der Waals surface area contributed by atoms with Crippen LogP contribution in [0.5, 0.6) is 0 Å². The second-order valence-electron chi connectivity index (χ2n) is 4.95. The molecule has 4 heteroatoms. The van der Waals surface area contributed by atoms with E-state index in [0.717, 1.165) is 36.5 Å². The van der Waals surface area contributed by atoms with Gasteiger partial charge in [-0.1, -0.05) is 54.4 Å². The molecule has 1 aromatic carbocycles. The van der Waals surface area contributed by atoms with Gasteiger partial charge in [0.2, 0.25) is 0 Å². The second kappa shape index (κ2) is 7.20. The SMILES string of the molecule is CC(SC(=O)N1CCCCCC1)c1ccccc1Cl. The van der Waals surface area contributed by atoms with Crippen LogP contribution in [-0.4, -0.2) is 23.2 Å². The van der Waals surface area contributed by atoms with E-state index >= 15 is 0 Å². The number of benzene rings is 1. The number of nitrogens with zero attached hydrogens (tertiary/aromatic N) is 1. The maximum Gasteiger partial charge on any atom is 0.282 e. The largest absolute Gasteiger partial charge is 0.334 e. The summed E-state index contributed by atoms with van der Waals surface area (Å²) in [4.78, 5) is 14.3. The van der Waals surface area contributed by atoms with Crippen molar-refractivity contribution in [1.29, 1.82) is 0 Å². The number of likely N-dealkylation sites (tertiary alicyclic amines) is 1. The first-order chi connectivity index (χ1) is 9.18. The summed E-state index contributed by atoms with van der Waals surface area (Å²) in [5.74, 6) is 0. The Morgan fingerprint density at radius 3 is 2.47 bits per heavy atom. The topological polar surface area (TPSA) is 20.3 Å². The Labute approximate surface area is 124 Å². The van der Waals surface area contributed by atoms with Crippen molar-refractivity contribution in [3.05, 3.63) is 34.9 Å². The molecule has 104 valence electrons. The molecule has 1 unspecified atom stereocenters. The Bertz CT molecular complexity index is 430. The van der Waals surface area contributed by atoms with Gasteiger partial charge in [0.05, 0.1) is 0 Å². The molecule has 2 rings (SSSR count). The van der Waals surface area contributed by atoms with Gasteiger partial charge in [0.1, 0.15) is 0 Å². The smallest absolute Gasteiger partial charge is 0.282 e. The summed E-state index contributed by atoms with van der Waals surface area (Å²) in [7, 11) is 0. The van der Waals surface area contributed by atoms with Gasteiger partial charge in [-0.05, 0) is 31.4 Å². The van der Waals surface area contributed by atoms with Gasteiger partial charge in [-0.3, -0.25) is 4.79 Å². The van der Waals surface area contributed by atoms with E-state index in [9.17, 15) is 4.79 Å². The minimum Gasteiger partial charge on any atom is -0.334 e. The molecule has 1 amide bonds. The van der Waals surface area contributed by atoms with E-state index in [1.807, 2.05) is 36.1 Å². The monoisotopic (exact) mass is 297 g/mol. The summed E-state index contributed by atoms with van der Waals surface area (Å²) in [6.07, 6.45) is 4.75. The maximum absolute atomic E-state index is 12.3. The van der Waals surface area contributed by atoms with Gasteiger partial charge in [-0.25, -0.2) is 0 Å². The minimum absolute atomic E-state index is 0.101. The van der Waals surface area contributed by atoms with Gasteiger partial charge in [-0.2, -0.15) is 0 Å². The molecule has 1 fully saturated rings. The zero-order chi connectivity index (χ0) is 13.7. The van der Waals surface area contributed by atoms with Gasteiger partial charge in [0.15, 0.2) is 0 Å². The third-order valence-electron chi connectivity index (χ3n) is 3.49. The molecule has 0 spiro atoms. The highest BCUT2D eigenvalue weighted by molar-refractivity contribution is 8.13. The molecular formula is C15H20ClNOS. The highest BCUT2D eigenvalue weighted by Crippen LogP contribution is 2.34. The van der Waals surface area contributed by atoms with Crippen molar-refractivity contribution in [2.45, 2.75) is 37.9 Å². The van der Waals surface area contributed by atoms with Crippen LogP contribution < -0.4 is 0 Å². The standard InChI is InChI=1S/C15H20ClNOS/c1-12(13-8-4-5-9-14(13)16)19-15(18)17-10-6-2-3-7-11-17/h4-5,8-9,12H,2-3,6-7,10-11H2,1H3. The molecule has 19 heavy (non-hydrogen) atoms. The quantitative estimate of drug-likeness (QED) is 0.754. The molecule has 0 N–H and O–H groups in total. The predicted octanol–water partition coefficient (Wildman–Crippen LogP) is 5.13. The molecule has 0 radical (unpaired) electrons. The van der Waals surface area contributed by atoms with E-state index in [1.54, 1.807) is 0 Å². The van der Waals surface area contributed by atoms with Crippen LogP contribution in [0.3, 0.4) is 0 Å². The Balaban J connectivity index is 1.96. The molecule has 2 nitrogen and oxygen atoms in total. The van der Waals surface area contributed by atoms with E-state index in [4.69, 9.17) is 11.6 Å². The van der Waals surface area contributed by atoms with Crippen molar-refractivity contribution in [2.24, 2.45) is 0 Å². The van der Waals surface area contributed by atoms with Crippen molar-refractivity contribution in [3.63, 3.8) is 0 Å². The first kappa shape index (κ1) is 14.7. The lowest BCUT2D eigenvalue weighted by Gasteiger charge is -2.22. The summed E-state index contributed by atoms with van der Waals surface area (Å²) in [5, 5.41) is 1.03. The van der Waals surface area contributed by atoms with Crippen LogP contribution in [0.2, 0.25) is 5.02 Å². The molecule has 1 aliphatic rings. The average molecular weight is 298 g/mol. The second-order valence-corrected chi connectivity index (χ2v) is 6.65. The van der Waals surface area contributed by atoms with Crippen LogP contribution >= 0.6 is 23.4 Å². The first-order valence-corrected chi connectivity index (χ1v) is 8.14. The van der Waals surface area contributed by atoms with E-state index < -0.39 is 0 Å². The zero-order valence-electron chi connectivity index (χ0n) is 11.3. The number of thioether (sulfide) groups is 1. The van der Waals surface area contributed by atoms with Crippen LogP contribution in [0.4, 0.5) is 4.79 Å². The highest BCUT2D eigenvalue weighted by Gasteiger charge is 2.20. The normalized spacial score (nSPS) is 17.9. The van der Waals surface area contributed by atoms with Crippen LogP contribution in [-0.2, 0) is 0 Å². The van der Waals surface area contributed by atoms with Gasteiger partial charge in [0.25, 0.3) is 5.24 Å². The molecule has 1 atom stereocenters. The third kappa shape index (κ3) is 4.15. The molecule has 1 aromatic rings. The van der Waals surface area contributed by atoms with Crippen LogP contribution in [0.25, 0.3) is 0 Å². The summed E-state index contributed by atoms with van der Waals surface area (Å²) >= 11 is 7.56. The average Bonchev–Trinajstić information content (AvgIpc) is 2.68. The fourth-order valence-electron chi connectivity index (χ4n) is 2.35. The summed E-state index contributed by atoms with van der Waals surface area (Å²) in [6, 6.07) is 7.76. The van der Waals surface area contributed by atoms with Gasteiger partial charge >= 0.3 is 0 Å². The van der Waals surface area contributed by atoms with Gasteiger partial charge < -0.3 is 4.90 Å². The van der Waals surface area contributed by atoms with E-state index in [2.05, 4.69) is 0 Å². The zero-order valence-corrected chi connectivity index (χ0v) is 12.8. The number of halogens is 1. The number of rotatable bonds is 2. The Morgan fingerprint density at radius 1 is 1.21 bits per heavy atom. The van der Waals surface area contributed by atoms with Crippen molar-refractivity contribution in [2.75, 3.05) is 13.1 Å². The lowest BCUT2D eigenvalue weighted by molar-refractivity contribution is 0.225. The maximum atomic E-state index is 12.3. The number of hydrogen-bond acceptors (Lipinski definition) is 2. The fourth-order valence-corrected chi connectivity index (χ4v) is 3.68. The van der Waals surface area contributed by atoms with E-state index in [-0.39, 0.29) is 10.5 Å². The summed E-state index contributed by atoms with van der Waals surface area (Å²) in [5.41, 5.74) is 1.04. The Morgan fingerprint density at radius 2 is 1.84 bits per heavy atom. The number of carbonyl (C=O) groups excluding carboxylic acids is 1. The van der Waals surface area contributed by atoms with Crippen molar-refractivity contribution < 1.29 is 4.79 Å². The minimum atomic E-state index is 0.101. The van der Waals surface area contributed by atoms with Crippen molar-refractivity contribution in [1.82, 2.24) is 4.90 Å². The molecule has 1 heterocycles.